The van der Waals surface area contributed by atoms with Gasteiger partial charge in [-0.15, -0.1) is 0 Å². The molecule has 4 nitrogen and oxygen atoms in total. The fourth-order valence-electron chi connectivity index (χ4n) is 1.62. The maximum atomic E-state index is 11.9. The molecule has 0 bridgehead atoms. The van der Waals surface area contributed by atoms with Gasteiger partial charge in [-0.3, -0.25) is 0 Å². The molecule has 1 aromatic rings. The van der Waals surface area contributed by atoms with Crippen LogP contribution in [0, 0.1) is 0 Å². The lowest BCUT2D eigenvalue weighted by Crippen LogP contribution is -2.48. The fourth-order valence-corrected chi connectivity index (χ4v) is 2.01. The highest BCUT2D eigenvalue weighted by Crippen LogP contribution is 2.21. The number of hydrogen-bond acceptors (Lipinski definition) is 2. The summed E-state index contributed by atoms with van der Waals surface area (Å²) >= 11 is 3.40. The number of nitrogens with zero attached hydrogens (tertiary/aromatic N) is 1. The van der Waals surface area contributed by atoms with Gasteiger partial charge in [0.2, 0.25) is 0 Å². The Morgan fingerprint density at radius 3 is 2.69 bits per heavy atom. The van der Waals surface area contributed by atoms with E-state index in [1.807, 2.05) is 29.2 Å². The van der Waals surface area contributed by atoms with E-state index in [9.17, 15) is 4.79 Å². The molecule has 0 unspecified atom stereocenters. The van der Waals surface area contributed by atoms with E-state index in [0.29, 0.717) is 0 Å². The van der Waals surface area contributed by atoms with Crippen molar-refractivity contribution in [3.63, 3.8) is 0 Å². The molecule has 0 spiro atoms. The van der Waals surface area contributed by atoms with Gasteiger partial charge < -0.3 is 15.5 Å². The summed E-state index contributed by atoms with van der Waals surface area (Å²) in [6.45, 7) is 3.25. The number of rotatable bonds is 1. The standard InChI is InChI=1S/C11H14BrN3O/c12-9-3-1-2-4-10(9)14-11(16)15-7-5-13-6-8-15/h1-4,13H,5-8H2,(H,14,16). The van der Waals surface area contributed by atoms with Gasteiger partial charge in [-0.2, -0.15) is 0 Å². The lowest BCUT2D eigenvalue weighted by atomic mass is 10.3. The maximum absolute atomic E-state index is 11.9. The van der Waals surface area contributed by atoms with Gasteiger partial charge in [0.25, 0.3) is 0 Å². The third kappa shape index (κ3) is 2.74. The van der Waals surface area contributed by atoms with Crippen LogP contribution in [-0.2, 0) is 0 Å². The van der Waals surface area contributed by atoms with Crippen LogP contribution in [0.1, 0.15) is 0 Å². The third-order valence-electron chi connectivity index (χ3n) is 2.52. The number of para-hydroxylation sites is 1. The summed E-state index contributed by atoms with van der Waals surface area (Å²) < 4.78 is 0.901. The fraction of sp³-hybridized carbons (Fsp3) is 0.364. The van der Waals surface area contributed by atoms with Crippen molar-refractivity contribution in [3.8, 4) is 0 Å². The zero-order valence-electron chi connectivity index (χ0n) is 8.87. The summed E-state index contributed by atoms with van der Waals surface area (Å²) in [6.07, 6.45) is 0. The molecule has 0 aliphatic carbocycles. The number of nitrogens with one attached hydrogen (secondary N) is 2. The highest BCUT2D eigenvalue weighted by atomic mass is 79.9. The number of carbonyl (C=O) groups is 1. The van der Waals surface area contributed by atoms with Gasteiger partial charge in [-0.05, 0) is 28.1 Å². The van der Waals surface area contributed by atoms with Crippen LogP contribution in [0.15, 0.2) is 28.7 Å². The Hall–Kier alpha value is -1.07. The minimum absolute atomic E-state index is 0.0339. The molecule has 1 fully saturated rings. The van der Waals surface area contributed by atoms with Crippen LogP contribution < -0.4 is 10.6 Å². The average molecular weight is 284 g/mol. The van der Waals surface area contributed by atoms with Crippen LogP contribution in [0.2, 0.25) is 0 Å². The quantitative estimate of drug-likeness (QED) is 0.827. The van der Waals surface area contributed by atoms with Gasteiger partial charge in [-0.1, -0.05) is 12.1 Å². The molecular formula is C11H14BrN3O. The molecule has 1 heterocycles. The second kappa shape index (κ2) is 5.32. The second-order valence-corrected chi connectivity index (χ2v) is 4.50. The number of piperazine rings is 1. The van der Waals surface area contributed by atoms with Crippen molar-refractivity contribution >= 4 is 27.6 Å². The summed E-state index contributed by atoms with van der Waals surface area (Å²) in [5.41, 5.74) is 0.811. The number of carbonyl (C=O) groups excluding carboxylic acids is 1. The number of amides is 2. The Bertz CT molecular complexity index is 377. The average Bonchev–Trinajstić information content (AvgIpc) is 2.33. The molecule has 0 saturated carbocycles. The van der Waals surface area contributed by atoms with Gasteiger partial charge in [0.1, 0.15) is 0 Å². The summed E-state index contributed by atoms with van der Waals surface area (Å²) in [5, 5.41) is 6.11. The third-order valence-corrected chi connectivity index (χ3v) is 3.21. The lowest BCUT2D eigenvalue weighted by Gasteiger charge is -2.27. The molecule has 0 radical (unpaired) electrons. The Balaban J connectivity index is 1.99. The Labute approximate surface area is 103 Å². The molecule has 0 aromatic heterocycles. The van der Waals surface area contributed by atoms with Crippen LogP contribution in [0.25, 0.3) is 0 Å². The normalized spacial score (nSPS) is 15.9. The Kier molecular flexibility index (Phi) is 3.79. The van der Waals surface area contributed by atoms with E-state index in [4.69, 9.17) is 0 Å². The zero-order chi connectivity index (χ0) is 11.4. The maximum Gasteiger partial charge on any atom is 0.321 e. The van der Waals surface area contributed by atoms with Crippen LogP contribution in [-0.4, -0.2) is 37.1 Å². The van der Waals surface area contributed by atoms with Crippen molar-refractivity contribution in [1.29, 1.82) is 0 Å². The summed E-state index contributed by atoms with van der Waals surface area (Å²) in [7, 11) is 0. The smallest absolute Gasteiger partial charge is 0.321 e. The summed E-state index contributed by atoms with van der Waals surface area (Å²) in [5.74, 6) is 0. The molecule has 2 N–H and O–H groups in total. The van der Waals surface area contributed by atoms with Crippen molar-refractivity contribution in [2.24, 2.45) is 0 Å². The van der Waals surface area contributed by atoms with E-state index >= 15 is 0 Å². The number of benzene rings is 1. The Morgan fingerprint density at radius 2 is 2.00 bits per heavy atom. The van der Waals surface area contributed by atoms with E-state index < -0.39 is 0 Å². The number of urea groups is 1. The molecule has 1 aliphatic rings. The highest BCUT2D eigenvalue weighted by molar-refractivity contribution is 9.10. The molecule has 2 rings (SSSR count). The predicted molar refractivity (Wildman–Crippen MR) is 67.6 cm³/mol. The molecule has 86 valence electrons. The van der Waals surface area contributed by atoms with Gasteiger partial charge in [0.15, 0.2) is 0 Å². The van der Waals surface area contributed by atoms with Crippen molar-refractivity contribution in [1.82, 2.24) is 10.2 Å². The first-order valence-corrected chi connectivity index (χ1v) is 6.08. The minimum atomic E-state index is -0.0339. The highest BCUT2D eigenvalue weighted by Gasteiger charge is 2.16. The van der Waals surface area contributed by atoms with E-state index in [0.717, 1.165) is 36.3 Å². The molecule has 1 saturated heterocycles. The van der Waals surface area contributed by atoms with Crippen LogP contribution >= 0.6 is 15.9 Å². The first-order valence-electron chi connectivity index (χ1n) is 5.28. The largest absolute Gasteiger partial charge is 0.322 e. The monoisotopic (exact) mass is 283 g/mol. The lowest BCUT2D eigenvalue weighted by molar-refractivity contribution is 0.204. The van der Waals surface area contributed by atoms with E-state index in [1.54, 1.807) is 0 Å². The number of halogens is 1. The molecule has 5 heteroatoms. The summed E-state index contributed by atoms with van der Waals surface area (Å²) in [4.78, 5) is 13.7. The number of hydrogen-bond donors (Lipinski definition) is 2. The first-order chi connectivity index (χ1) is 7.77. The first kappa shape index (κ1) is 11.4. The van der Waals surface area contributed by atoms with Gasteiger partial charge in [-0.25, -0.2) is 4.79 Å². The second-order valence-electron chi connectivity index (χ2n) is 3.65. The van der Waals surface area contributed by atoms with Crippen LogP contribution in [0.5, 0.6) is 0 Å². The van der Waals surface area contributed by atoms with Crippen molar-refractivity contribution in [2.45, 2.75) is 0 Å². The summed E-state index contributed by atoms with van der Waals surface area (Å²) in [6, 6.07) is 7.58. The number of anilines is 1. The molecular weight excluding hydrogens is 270 g/mol. The molecule has 1 aromatic carbocycles. The predicted octanol–water partition coefficient (Wildman–Crippen LogP) is 1.89. The van der Waals surface area contributed by atoms with Gasteiger partial charge >= 0.3 is 6.03 Å². The van der Waals surface area contributed by atoms with E-state index in [-0.39, 0.29) is 6.03 Å². The van der Waals surface area contributed by atoms with Gasteiger partial charge in [0.05, 0.1) is 5.69 Å². The van der Waals surface area contributed by atoms with Crippen molar-refractivity contribution in [3.05, 3.63) is 28.7 Å². The molecule has 2 amide bonds. The van der Waals surface area contributed by atoms with Gasteiger partial charge in [0, 0.05) is 30.7 Å². The van der Waals surface area contributed by atoms with E-state index in [2.05, 4.69) is 26.6 Å². The molecule has 0 atom stereocenters. The minimum Gasteiger partial charge on any atom is -0.322 e. The van der Waals surface area contributed by atoms with Crippen LogP contribution in [0.3, 0.4) is 0 Å². The van der Waals surface area contributed by atoms with Crippen LogP contribution in [0.4, 0.5) is 10.5 Å². The topological polar surface area (TPSA) is 44.4 Å². The zero-order valence-corrected chi connectivity index (χ0v) is 10.5. The van der Waals surface area contributed by atoms with Crippen molar-refractivity contribution in [2.75, 3.05) is 31.5 Å². The van der Waals surface area contributed by atoms with Crippen molar-refractivity contribution < 1.29 is 4.79 Å². The SMILES string of the molecule is O=C(Nc1ccccc1Br)N1CCNCC1. The molecule has 1 aliphatic heterocycles. The Morgan fingerprint density at radius 1 is 1.31 bits per heavy atom. The van der Waals surface area contributed by atoms with E-state index in [1.165, 1.54) is 0 Å². The molecule has 16 heavy (non-hydrogen) atoms.